The van der Waals surface area contributed by atoms with Crippen molar-refractivity contribution in [1.82, 2.24) is 50.3 Å². The topological polar surface area (TPSA) is 277 Å². The molecule has 9 rings (SSSR count). The Balaban J connectivity index is 0.681. The Morgan fingerprint density at radius 3 is 2.38 bits per heavy atom. The van der Waals surface area contributed by atoms with E-state index in [-0.39, 0.29) is 79.9 Å². The summed E-state index contributed by atoms with van der Waals surface area (Å²) in [6, 6.07) is 15.1. The van der Waals surface area contributed by atoms with E-state index in [1.54, 1.807) is 41.7 Å². The molecule has 0 spiro atoms. The van der Waals surface area contributed by atoms with Crippen LogP contribution in [0.1, 0.15) is 62.0 Å². The number of hydrogen-bond donors (Lipinski definition) is 5. The Morgan fingerprint density at radius 2 is 1.65 bits per heavy atom. The number of aromatic nitrogens is 6. The van der Waals surface area contributed by atoms with Crippen LogP contribution in [0.2, 0.25) is 0 Å². The first-order valence-corrected chi connectivity index (χ1v) is 23.7. The van der Waals surface area contributed by atoms with E-state index in [0.29, 0.717) is 66.9 Å². The lowest BCUT2D eigenvalue weighted by molar-refractivity contribution is -0.145. The number of nitriles is 1. The fraction of sp³-hybridized carbons (Fsp3) is 0.408. The number of anilines is 3. The largest absolute Gasteiger partial charge is 0.451 e. The minimum atomic E-state index is -4.77. The smallest absolute Gasteiger partial charge is 0.388 e. The number of carbonyl (C=O) groups excluding carboxylic acids is 4. The van der Waals surface area contributed by atoms with Crippen molar-refractivity contribution in [3.63, 3.8) is 0 Å². The van der Waals surface area contributed by atoms with Crippen molar-refractivity contribution in [1.29, 1.82) is 5.26 Å². The van der Waals surface area contributed by atoms with Crippen molar-refractivity contribution < 1.29 is 52.0 Å². The van der Waals surface area contributed by atoms with E-state index in [1.165, 1.54) is 30.3 Å². The van der Waals surface area contributed by atoms with Gasteiger partial charge in [0.05, 0.1) is 48.7 Å². The fourth-order valence-electron chi connectivity index (χ4n) is 9.22. The van der Waals surface area contributed by atoms with Crippen molar-refractivity contribution >= 4 is 41.2 Å². The summed E-state index contributed by atoms with van der Waals surface area (Å²) in [6.07, 6.45) is -2.91. The number of ether oxygens (including phenoxy) is 2. The fourth-order valence-corrected chi connectivity index (χ4v) is 9.22. The second kappa shape index (κ2) is 21.3. The highest BCUT2D eigenvalue weighted by atomic mass is 19.4. The molecule has 0 bridgehead atoms. The number of aliphatic hydroxyl groups is 2. The number of fused-ring (bicyclic) bond motifs is 2. The van der Waals surface area contributed by atoms with Gasteiger partial charge >= 0.3 is 12.2 Å². The van der Waals surface area contributed by atoms with E-state index in [0.717, 1.165) is 6.20 Å². The SMILES string of the molecule is CC1(C)C(=O)c2ccc(-c3cnc(N4CCN5C(=O)N(CCOCCNC(=O)c6ccc(C(=O)NC[C@H]7OC[C@H](Nc8ccnc(C(F)(F)F)n8)[C@@H](O)[C@H]7O)cc6)C[C@@H]5C4)nc3)nc2N1Cc1cccnc1C#N. The molecular formula is C49H51F3N14O8. The monoisotopic (exact) mass is 1020 g/mol. The quantitative estimate of drug-likeness (QED) is 0.0887. The third-order valence-electron chi connectivity index (χ3n) is 13.4. The summed E-state index contributed by atoms with van der Waals surface area (Å²) in [5.41, 5.74) is 2.31. The minimum Gasteiger partial charge on any atom is -0.388 e. The maximum absolute atomic E-state index is 13.5. The predicted octanol–water partition coefficient (Wildman–Crippen LogP) is 2.30. The molecule has 74 heavy (non-hydrogen) atoms. The first kappa shape index (κ1) is 51.0. The Morgan fingerprint density at radius 1 is 0.905 bits per heavy atom. The van der Waals surface area contributed by atoms with Crippen LogP contribution in [0.15, 0.2) is 79.4 Å². The first-order chi connectivity index (χ1) is 35.5. The van der Waals surface area contributed by atoms with Crippen molar-refractivity contribution in [2.45, 2.75) is 62.5 Å². The third kappa shape index (κ3) is 10.7. The summed E-state index contributed by atoms with van der Waals surface area (Å²) < 4.78 is 50.4. The van der Waals surface area contributed by atoms with Gasteiger partial charge in [-0.05, 0) is 62.4 Å². The zero-order valence-electron chi connectivity index (χ0n) is 40.1. The van der Waals surface area contributed by atoms with Crippen LogP contribution in [-0.2, 0) is 22.2 Å². The van der Waals surface area contributed by atoms with Crippen LogP contribution in [-0.4, -0.2) is 175 Å². The zero-order chi connectivity index (χ0) is 52.3. The van der Waals surface area contributed by atoms with Gasteiger partial charge in [-0.15, -0.1) is 0 Å². The average Bonchev–Trinajstić information content (AvgIpc) is 3.82. The number of nitrogens with zero attached hydrogens (tertiary/aromatic N) is 11. The summed E-state index contributed by atoms with van der Waals surface area (Å²) in [5, 5.41) is 38.9. The molecule has 5 atom stereocenters. The first-order valence-electron chi connectivity index (χ1n) is 23.7. The average molecular weight is 1020 g/mol. The van der Waals surface area contributed by atoms with Gasteiger partial charge in [0.15, 0.2) is 5.78 Å². The van der Waals surface area contributed by atoms with Gasteiger partial charge in [-0.2, -0.15) is 18.4 Å². The number of alkyl halides is 3. The maximum Gasteiger partial charge on any atom is 0.451 e. The Hall–Kier alpha value is -7.92. The normalized spacial score (nSPS) is 21.2. The summed E-state index contributed by atoms with van der Waals surface area (Å²) in [6.45, 7) is 6.56. The van der Waals surface area contributed by atoms with E-state index in [1.807, 2.05) is 34.6 Å². The molecule has 5 N–H and O–H groups in total. The molecule has 22 nitrogen and oxygen atoms in total. The number of piperazine rings is 1. The second-order valence-corrected chi connectivity index (χ2v) is 18.5. The summed E-state index contributed by atoms with van der Waals surface area (Å²) in [4.78, 5) is 85.0. The highest BCUT2D eigenvalue weighted by molar-refractivity contribution is 6.13. The number of amides is 4. The minimum absolute atomic E-state index is 0.0695. The number of aliphatic hydroxyl groups excluding tert-OH is 2. The zero-order valence-corrected chi connectivity index (χ0v) is 40.1. The summed E-state index contributed by atoms with van der Waals surface area (Å²) >= 11 is 0. The highest BCUT2D eigenvalue weighted by Crippen LogP contribution is 2.40. The number of Topliss-reactive ketones (excluding diaryl/α,β-unsaturated/α-hetero) is 1. The van der Waals surface area contributed by atoms with E-state index < -0.39 is 53.7 Å². The number of ketones is 1. The van der Waals surface area contributed by atoms with Crippen LogP contribution < -0.4 is 25.8 Å². The molecule has 4 amide bonds. The molecule has 4 aliphatic heterocycles. The molecular weight excluding hydrogens is 970 g/mol. The molecule has 1 aromatic carbocycles. The lowest BCUT2D eigenvalue weighted by Crippen LogP contribution is -2.58. The Bertz CT molecular complexity index is 2950. The molecule has 8 heterocycles. The number of benzene rings is 1. The third-order valence-corrected chi connectivity index (χ3v) is 13.4. The molecule has 3 saturated heterocycles. The molecule has 5 aromatic rings. The Kier molecular flexibility index (Phi) is 14.7. The predicted molar refractivity (Wildman–Crippen MR) is 257 cm³/mol. The van der Waals surface area contributed by atoms with E-state index in [2.05, 4.69) is 46.9 Å². The van der Waals surface area contributed by atoms with Gasteiger partial charge in [0.2, 0.25) is 11.8 Å². The van der Waals surface area contributed by atoms with Crippen LogP contribution >= 0.6 is 0 Å². The van der Waals surface area contributed by atoms with Gasteiger partial charge in [0, 0.05) is 99.4 Å². The van der Waals surface area contributed by atoms with E-state index in [9.17, 15) is 47.8 Å². The van der Waals surface area contributed by atoms with E-state index in [4.69, 9.17) is 14.5 Å². The number of urea groups is 1. The van der Waals surface area contributed by atoms with Crippen LogP contribution in [0.25, 0.3) is 11.3 Å². The van der Waals surface area contributed by atoms with Crippen molar-refractivity contribution in [3.05, 3.63) is 113 Å². The molecule has 0 radical (unpaired) electrons. The molecule has 0 unspecified atom stereocenters. The van der Waals surface area contributed by atoms with Gasteiger partial charge < -0.3 is 55.2 Å². The van der Waals surface area contributed by atoms with Crippen LogP contribution in [0.3, 0.4) is 0 Å². The summed E-state index contributed by atoms with van der Waals surface area (Å²) in [7, 11) is 0. The molecule has 4 aliphatic rings. The number of carbonyl (C=O) groups is 4. The number of nitrogens with one attached hydrogen (secondary N) is 3. The maximum atomic E-state index is 13.5. The number of pyridine rings is 2. The van der Waals surface area contributed by atoms with Crippen molar-refractivity contribution in [3.8, 4) is 17.3 Å². The molecule has 0 saturated carbocycles. The lowest BCUT2D eigenvalue weighted by atomic mass is 9.97. The standard InChI is InChI=1S/C49H51F3N14O8/c1-48(2)41(69)33-9-10-34(61-42(33)66(48)24-30-4-3-12-54-35(30)20-53)31-21-58-46(59-22-31)63-15-16-65-32(25-63)26-64(47(65)72)17-19-73-18-14-55-43(70)28-5-7-29(8-6-28)44(71)57-23-37-40(68)39(67)36(27-74-37)60-38-11-13-56-45(62-38)49(50,51)52/h3-13,21-22,32,36-37,39-40,67-68H,14-19,23-27H2,1-2H3,(H,55,70)(H,57,71)(H,56,60,62)/t32-,36-,37+,39+,40-/m0/s1. The molecule has 0 aliphatic carbocycles. The number of rotatable bonds is 16. The Labute approximate surface area is 421 Å². The highest BCUT2D eigenvalue weighted by Gasteiger charge is 2.46. The van der Waals surface area contributed by atoms with Gasteiger partial charge in [-0.25, -0.2) is 34.7 Å². The van der Waals surface area contributed by atoms with Crippen LogP contribution in [0.5, 0.6) is 0 Å². The molecule has 25 heteroatoms. The number of halogens is 3. The van der Waals surface area contributed by atoms with Gasteiger partial charge in [-0.1, -0.05) is 6.07 Å². The van der Waals surface area contributed by atoms with Crippen LogP contribution in [0, 0.1) is 11.3 Å². The van der Waals surface area contributed by atoms with Gasteiger partial charge in [0.1, 0.15) is 41.7 Å². The van der Waals surface area contributed by atoms with Crippen molar-refractivity contribution in [2.24, 2.45) is 0 Å². The summed E-state index contributed by atoms with van der Waals surface area (Å²) in [5.74, 6) is -1.57. The van der Waals surface area contributed by atoms with Gasteiger partial charge in [-0.3, -0.25) is 14.4 Å². The van der Waals surface area contributed by atoms with Crippen LogP contribution in [0.4, 0.5) is 35.5 Å². The van der Waals surface area contributed by atoms with Crippen molar-refractivity contribution in [2.75, 3.05) is 80.8 Å². The van der Waals surface area contributed by atoms with Gasteiger partial charge in [0.25, 0.3) is 11.8 Å². The van der Waals surface area contributed by atoms with E-state index >= 15 is 0 Å². The molecule has 3 fully saturated rings. The molecule has 4 aromatic heterocycles. The molecule has 386 valence electrons. The second-order valence-electron chi connectivity index (χ2n) is 18.5. The number of hydrogen-bond acceptors (Lipinski definition) is 18. The lowest BCUT2D eigenvalue weighted by Gasteiger charge is -2.38.